The van der Waals surface area contributed by atoms with E-state index < -0.39 is 11.6 Å². The third kappa shape index (κ3) is 1.55. The number of anilines is 1. The van der Waals surface area contributed by atoms with Crippen molar-refractivity contribution in [2.75, 3.05) is 11.4 Å². The summed E-state index contributed by atoms with van der Waals surface area (Å²) in [4.78, 5) is 39.3. The van der Waals surface area contributed by atoms with Gasteiger partial charge in [0.05, 0.1) is 11.3 Å². The van der Waals surface area contributed by atoms with Gasteiger partial charge in [-0.15, -0.1) is 6.58 Å². The van der Waals surface area contributed by atoms with Crippen LogP contribution in [0.25, 0.3) is 0 Å². The van der Waals surface area contributed by atoms with E-state index in [0.717, 1.165) is 0 Å². The van der Waals surface area contributed by atoms with Crippen molar-refractivity contribution in [3.8, 4) is 0 Å². The average molecular weight is 286 g/mol. The number of carboxylic acid groups (broad SMARTS) is 1. The molecule has 0 unspecified atom stereocenters. The number of hydrogen-bond acceptors (Lipinski definition) is 3. The summed E-state index contributed by atoms with van der Waals surface area (Å²) in [7, 11) is 0. The molecule has 2 aliphatic heterocycles. The maximum Gasteiger partial charge on any atom is 0.351 e. The second-order valence-corrected chi connectivity index (χ2v) is 5.07. The van der Waals surface area contributed by atoms with E-state index in [2.05, 4.69) is 6.58 Å². The van der Waals surface area contributed by atoms with Gasteiger partial charge in [-0.2, -0.15) is 0 Å². The van der Waals surface area contributed by atoms with Gasteiger partial charge in [-0.1, -0.05) is 18.2 Å². The van der Waals surface area contributed by atoms with Gasteiger partial charge in [0.25, 0.3) is 5.91 Å². The molecule has 1 atom stereocenters. The second kappa shape index (κ2) is 4.44. The number of carboxylic acids is 1. The molecule has 6 nitrogen and oxygen atoms in total. The Balaban J connectivity index is 2.30. The number of carbonyl (C=O) groups excluding carboxylic acids is 2. The first-order valence-corrected chi connectivity index (χ1v) is 6.62. The molecule has 2 aliphatic rings. The van der Waals surface area contributed by atoms with Gasteiger partial charge in [0.1, 0.15) is 0 Å². The summed E-state index contributed by atoms with van der Waals surface area (Å²) >= 11 is 0. The largest absolute Gasteiger partial charge is 0.478 e. The quantitative estimate of drug-likeness (QED) is 0.848. The standard InChI is InChI=1S/C15H14N2O4/c1-2-9-16-13(19)10-5-3-4-6-11(10)17-12(18)7-8-15(16,17)14(20)21/h2-6H,1,7-9H2,(H,20,21)/t15-/m1/s1. The molecule has 0 radical (unpaired) electrons. The van der Waals surface area contributed by atoms with Gasteiger partial charge in [0, 0.05) is 19.4 Å². The van der Waals surface area contributed by atoms with Crippen LogP contribution in [0.1, 0.15) is 23.2 Å². The Morgan fingerprint density at radius 3 is 2.76 bits per heavy atom. The second-order valence-electron chi connectivity index (χ2n) is 5.07. The minimum absolute atomic E-state index is 0.0727. The molecule has 0 spiro atoms. The third-order valence-electron chi connectivity index (χ3n) is 4.03. The van der Waals surface area contributed by atoms with Crippen LogP contribution in [0.4, 0.5) is 5.69 Å². The van der Waals surface area contributed by atoms with E-state index >= 15 is 0 Å². The topological polar surface area (TPSA) is 77.9 Å². The minimum atomic E-state index is -1.64. The SMILES string of the molecule is C=CCN1C(=O)c2ccccc2N2C(=O)CC[C@@]12C(=O)O. The Kier molecular flexibility index (Phi) is 2.83. The average Bonchev–Trinajstić information content (AvgIpc) is 2.82. The van der Waals surface area contributed by atoms with Gasteiger partial charge in [-0.05, 0) is 12.1 Å². The maximum absolute atomic E-state index is 12.6. The number of nitrogens with zero attached hydrogens (tertiary/aromatic N) is 2. The minimum Gasteiger partial charge on any atom is -0.478 e. The van der Waals surface area contributed by atoms with Crippen LogP contribution in [0.2, 0.25) is 0 Å². The molecule has 2 heterocycles. The molecule has 3 rings (SSSR count). The summed E-state index contributed by atoms with van der Waals surface area (Å²) in [5.41, 5.74) is -0.935. The monoisotopic (exact) mass is 286 g/mol. The number of fused-ring (bicyclic) bond motifs is 3. The van der Waals surface area contributed by atoms with Gasteiger partial charge in [-0.3, -0.25) is 14.5 Å². The zero-order valence-corrected chi connectivity index (χ0v) is 11.3. The van der Waals surface area contributed by atoms with Gasteiger partial charge >= 0.3 is 5.97 Å². The maximum atomic E-state index is 12.6. The van der Waals surface area contributed by atoms with Crippen molar-refractivity contribution in [2.45, 2.75) is 18.5 Å². The van der Waals surface area contributed by atoms with Crippen LogP contribution in [0.5, 0.6) is 0 Å². The molecule has 1 aromatic rings. The van der Waals surface area contributed by atoms with Crippen molar-refractivity contribution in [3.63, 3.8) is 0 Å². The molecular weight excluding hydrogens is 272 g/mol. The van der Waals surface area contributed by atoms with Crippen molar-refractivity contribution in [1.82, 2.24) is 4.90 Å². The lowest BCUT2D eigenvalue weighted by Gasteiger charge is -2.47. The fourth-order valence-electron chi connectivity index (χ4n) is 3.14. The predicted molar refractivity (Wildman–Crippen MR) is 74.8 cm³/mol. The number of benzene rings is 1. The summed E-state index contributed by atoms with van der Waals surface area (Å²) in [6, 6.07) is 6.59. The molecule has 1 saturated heterocycles. The highest BCUT2D eigenvalue weighted by Gasteiger charge is 2.60. The molecule has 108 valence electrons. The number of para-hydroxylation sites is 1. The Morgan fingerprint density at radius 2 is 2.10 bits per heavy atom. The van der Waals surface area contributed by atoms with Crippen LogP contribution in [0.15, 0.2) is 36.9 Å². The first-order chi connectivity index (χ1) is 10.0. The van der Waals surface area contributed by atoms with Crippen molar-refractivity contribution in [3.05, 3.63) is 42.5 Å². The van der Waals surface area contributed by atoms with Crippen LogP contribution in [0, 0.1) is 0 Å². The highest BCUT2D eigenvalue weighted by molar-refractivity contribution is 6.15. The Labute approximate surface area is 121 Å². The van der Waals surface area contributed by atoms with E-state index in [1.165, 1.54) is 15.9 Å². The van der Waals surface area contributed by atoms with Gasteiger partial charge in [-0.25, -0.2) is 4.79 Å². The molecule has 1 fully saturated rings. The third-order valence-corrected chi connectivity index (χ3v) is 4.03. The summed E-state index contributed by atoms with van der Waals surface area (Å²) in [6.07, 6.45) is 1.65. The highest BCUT2D eigenvalue weighted by atomic mass is 16.4. The van der Waals surface area contributed by atoms with Crippen molar-refractivity contribution in [1.29, 1.82) is 0 Å². The van der Waals surface area contributed by atoms with E-state index in [1.54, 1.807) is 24.3 Å². The fourth-order valence-corrected chi connectivity index (χ4v) is 3.14. The van der Waals surface area contributed by atoms with Crippen LogP contribution in [-0.4, -0.2) is 40.0 Å². The van der Waals surface area contributed by atoms with Crippen molar-refractivity contribution in [2.24, 2.45) is 0 Å². The van der Waals surface area contributed by atoms with Crippen LogP contribution in [0.3, 0.4) is 0 Å². The van der Waals surface area contributed by atoms with E-state index in [0.29, 0.717) is 11.3 Å². The molecule has 0 saturated carbocycles. The lowest BCUT2D eigenvalue weighted by atomic mass is 9.96. The predicted octanol–water partition coefficient (Wildman–Crippen LogP) is 1.24. The molecular formula is C15H14N2O4. The summed E-state index contributed by atoms with van der Waals surface area (Å²) in [5, 5.41) is 9.74. The molecule has 1 N–H and O–H groups in total. The number of rotatable bonds is 3. The first kappa shape index (κ1) is 13.4. The van der Waals surface area contributed by atoms with E-state index in [9.17, 15) is 19.5 Å². The molecule has 1 aromatic carbocycles. The van der Waals surface area contributed by atoms with E-state index in [4.69, 9.17) is 0 Å². The molecule has 6 heteroatoms. The Bertz CT molecular complexity index is 669. The van der Waals surface area contributed by atoms with Crippen LogP contribution < -0.4 is 4.90 Å². The number of hydrogen-bond donors (Lipinski definition) is 1. The van der Waals surface area contributed by atoms with Gasteiger partial charge in [0.15, 0.2) is 0 Å². The zero-order valence-electron chi connectivity index (χ0n) is 11.3. The van der Waals surface area contributed by atoms with E-state index in [1.807, 2.05) is 0 Å². The van der Waals surface area contributed by atoms with Crippen molar-refractivity contribution < 1.29 is 19.5 Å². The molecule has 0 aromatic heterocycles. The first-order valence-electron chi connectivity index (χ1n) is 6.62. The number of amides is 2. The lowest BCUT2D eigenvalue weighted by Crippen LogP contribution is -2.68. The van der Waals surface area contributed by atoms with Gasteiger partial charge in [0.2, 0.25) is 11.6 Å². The van der Waals surface area contributed by atoms with Crippen molar-refractivity contribution >= 4 is 23.5 Å². The Morgan fingerprint density at radius 1 is 1.38 bits per heavy atom. The molecule has 0 bridgehead atoms. The van der Waals surface area contributed by atoms with E-state index in [-0.39, 0.29) is 31.2 Å². The molecule has 21 heavy (non-hydrogen) atoms. The summed E-state index contributed by atoms with van der Waals surface area (Å²) < 4.78 is 0. The summed E-state index contributed by atoms with van der Waals surface area (Å²) in [5.74, 6) is -1.87. The molecule has 2 amide bonds. The number of aliphatic carboxylic acids is 1. The molecule has 0 aliphatic carbocycles. The zero-order chi connectivity index (χ0) is 15.2. The lowest BCUT2D eigenvalue weighted by molar-refractivity contribution is -0.150. The van der Waals surface area contributed by atoms with Crippen LogP contribution >= 0.6 is 0 Å². The summed E-state index contributed by atoms with van der Waals surface area (Å²) in [6.45, 7) is 3.65. The smallest absolute Gasteiger partial charge is 0.351 e. The number of carbonyl (C=O) groups is 3. The highest BCUT2D eigenvalue weighted by Crippen LogP contribution is 2.44. The van der Waals surface area contributed by atoms with Gasteiger partial charge < -0.3 is 10.0 Å². The fraction of sp³-hybridized carbons (Fsp3) is 0.267. The normalized spacial score (nSPS) is 23.8. The Hall–Kier alpha value is -2.63. The van der Waals surface area contributed by atoms with Crippen LogP contribution in [-0.2, 0) is 9.59 Å².